The van der Waals surface area contributed by atoms with E-state index in [0.29, 0.717) is 22.6 Å². The molecule has 7 nitrogen and oxygen atoms in total. The number of phenols is 1. The largest absolute Gasteiger partial charge is 0.508 e. The molecule has 1 aliphatic heterocycles. The van der Waals surface area contributed by atoms with Gasteiger partial charge in [0.1, 0.15) is 11.5 Å². The zero-order chi connectivity index (χ0) is 21.1. The molecular weight excluding hydrogens is 394 g/mol. The summed E-state index contributed by atoms with van der Waals surface area (Å²) in [5, 5.41) is 18.3. The second kappa shape index (κ2) is 8.40. The summed E-state index contributed by atoms with van der Waals surface area (Å²) in [6.07, 6.45) is 0.782. The normalized spacial score (nSPS) is 16.3. The van der Waals surface area contributed by atoms with E-state index < -0.39 is 23.2 Å². The summed E-state index contributed by atoms with van der Waals surface area (Å²) in [5.41, 5.74) is 1.49. The Morgan fingerprint density at radius 2 is 1.97 bits per heavy atom. The number of carboxylic acid groups (broad SMARTS) is 1. The van der Waals surface area contributed by atoms with E-state index in [1.165, 1.54) is 24.3 Å². The summed E-state index contributed by atoms with van der Waals surface area (Å²) in [5.74, 6) is -1.21. The Morgan fingerprint density at radius 3 is 2.62 bits per heavy atom. The maximum absolute atomic E-state index is 12.9. The number of phenolic OH excluding ortho intramolecular Hbond substituents is 1. The molecule has 0 spiro atoms. The van der Waals surface area contributed by atoms with Crippen molar-refractivity contribution in [3.8, 4) is 11.5 Å². The Morgan fingerprint density at radius 1 is 1.24 bits per heavy atom. The molecule has 2 aromatic rings. The van der Waals surface area contributed by atoms with Gasteiger partial charge < -0.3 is 14.9 Å². The van der Waals surface area contributed by atoms with Gasteiger partial charge >= 0.3 is 5.97 Å². The lowest BCUT2D eigenvalue weighted by atomic mass is 10.1. The van der Waals surface area contributed by atoms with Crippen LogP contribution in [0.25, 0.3) is 6.08 Å². The third kappa shape index (κ3) is 4.27. The average molecular weight is 413 g/mol. The Labute approximate surface area is 171 Å². The van der Waals surface area contributed by atoms with E-state index in [9.17, 15) is 24.6 Å². The van der Waals surface area contributed by atoms with Crippen LogP contribution in [0, 0.1) is 6.92 Å². The van der Waals surface area contributed by atoms with Crippen LogP contribution in [0.5, 0.6) is 11.5 Å². The number of carbonyl (C=O) groups is 3. The van der Waals surface area contributed by atoms with Gasteiger partial charge in [-0.15, -0.1) is 0 Å². The first kappa shape index (κ1) is 20.5. The van der Waals surface area contributed by atoms with Gasteiger partial charge in [0.2, 0.25) is 0 Å². The lowest BCUT2D eigenvalue weighted by Crippen LogP contribution is -2.28. The Balaban J connectivity index is 1.93. The summed E-state index contributed by atoms with van der Waals surface area (Å²) < 4.78 is 5.58. The molecule has 3 rings (SSSR count). The fraction of sp³-hybridized carbons (Fsp3) is 0.190. The second-order valence-electron chi connectivity index (χ2n) is 6.38. The summed E-state index contributed by atoms with van der Waals surface area (Å²) in [6, 6.07) is 11.1. The van der Waals surface area contributed by atoms with Crippen LogP contribution in [-0.4, -0.2) is 33.4 Å². The molecule has 2 N–H and O–H groups in total. The molecule has 1 heterocycles. The molecule has 1 fully saturated rings. The van der Waals surface area contributed by atoms with E-state index in [2.05, 4.69) is 0 Å². The van der Waals surface area contributed by atoms with E-state index in [0.717, 1.165) is 16.7 Å². The summed E-state index contributed by atoms with van der Waals surface area (Å²) in [6.45, 7) is 3.40. The number of ether oxygens (including phenoxy) is 1. The highest BCUT2D eigenvalue weighted by atomic mass is 32.2. The van der Waals surface area contributed by atoms with E-state index in [-0.39, 0.29) is 17.1 Å². The van der Waals surface area contributed by atoms with Crippen LogP contribution in [-0.2, 0) is 9.59 Å². The highest BCUT2D eigenvalue weighted by Gasteiger charge is 2.37. The SMILES string of the molecule is CCC(Oc1ccccc1/C=C1/SC(=O)N(c2ccc(O)cc2C)C1=O)C(=O)O. The van der Waals surface area contributed by atoms with Gasteiger partial charge in [-0.1, -0.05) is 25.1 Å². The van der Waals surface area contributed by atoms with Crippen molar-refractivity contribution in [1.29, 1.82) is 0 Å². The number of aryl methyl sites for hydroxylation is 1. The van der Waals surface area contributed by atoms with Gasteiger partial charge in [-0.2, -0.15) is 0 Å². The zero-order valence-electron chi connectivity index (χ0n) is 15.8. The van der Waals surface area contributed by atoms with Crippen molar-refractivity contribution < 1.29 is 29.3 Å². The van der Waals surface area contributed by atoms with Crippen molar-refractivity contribution in [3.63, 3.8) is 0 Å². The van der Waals surface area contributed by atoms with Crippen LogP contribution < -0.4 is 9.64 Å². The fourth-order valence-electron chi connectivity index (χ4n) is 2.88. The molecule has 1 aliphatic rings. The number of para-hydroxylation sites is 1. The van der Waals surface area contributed by atoms with E-state index in [1.54, 1.807) is 38.1 Å². The van der Waals surface area contributed by atoms with Gasteiger partial charge in [-0.05, 0) is 61.0 Å². The number of anilines is 1. The van der Waals surface area contributed by atoms with Gasteiger partial charge in [0, 0.05) is 5.56 Å². The number of hydrogen-bond acceptors (Lipinski definition) is 6. The molecule has 1 saturated heterocycles. The Hall–Kier alpha value is -3.26. The number of amides is 2. The van der Waals surface area contributed by atoms with E-state index in [1.807, 2.05) is 0 Å². The van der Waals surface area contributed by atoms with Gasteiger partial charge in [0.25, 0.3) is 11.1 Å². The molecule has 150 valence electrons. The molecule has 2 amide bonds. The predicted molar refractivity (Wildman–Crippen MR) is 110 cm³/mol. The fourth-order valence-corrected chi connectivity index (χ4v) is 3.70. The standard InChI is InChI=1S/C21H19NO6S/c1-3-16(20(25)26)28-17-7-5-4-6-13(17)11-18-19(24)22(21(27)29-18)15-9-8-14(23)10-12(15)2/h4-11,16,23H,3H2,1-2H3,(H,25,26)/b18-11+. The van der Waals surface area contributed by atoms with Crippen molar-refractivity contribution in [2.24, 2.45) is 0 Å². The molecule has 0 aromatic heterocycles. The topological polar surface area (TPSA) is 104 Å². The number of imide groups is 1. The smallest absolute Gasteiger partial charge is 0.344 e. The van der Waals surface area contributed by atoms with E-state index in [4.69, 9.17) is 4.74 Å². The molecule has 1 atom stereocenters. The minimum absolute atomic E-state index is 0.0451. The summed E-state index contributed by atoms with van der Waals surface area (Å²) in [4.78, 5) is 37.9. The number of aliphatic carboxylic acids is 1. The molecule has 0 aliphatic carbocycles. The van der Waals surface area contributed by atoms with Crippen LogP contribution in [0.15, 0.2) is 47.4 Å². The van der Waals surface area contributed by atoms with Gasteiger partial charge in [0.05, 0.1) is 10.6 Å². The van der Waals surface area contributed by atoms with Crippen molar-refractivity contribution in [1.82, 2.24) is 0 Å². The highest BCUT2D eigenvalue weighted by molar-refractivity contribution is 8.19. The third-order valence-corrected chi connectivity index (χ3v) is 5.21. The number of carbonyl (C=O) groups excluding carboxylic acids is 2. The number of benzene rings is 2. The van der Waals surface area contributed by atoms with Crippen LogP contribution in [0.4, 0.5) is 10.5 Å². The highest BCUT2D eigenvalue weighted by Crippen LogP contribution is 2.38. The third-order valence-electron chi connectivity index (χ3n) is 4.34. The average Bonchev–Trinajstić information content (AvgIpc) is 2.94. The minimum atomic E-state index is -1.08. The molecule has 0 radical (unpaired) electrons. The second-order valence-corrected chi connectivity index (χ2v) is 7.37. The van der Waals surface area contributed by atoms with E-state index >= 15 is 0 Å². The van der Waals surface area contributed by atoms with Crippen LogP contribution in [0.1, 0.15) is 24.5 Å². The Bertz CT molecular complexity index is 1020. The molecule has 2 aromatic carbocycles. The Kier molecular flexibility index (Phi) is 5.93. The number of nitrogens with zero attached hydrogens (tertiary/aromatic N) is 1. The summed E-state index contributed by atoms with van der Waals surface area (Å²) in [7, 11) is 0. The first-order valence-corrected chi connectivity index (χ1v) is 9.69. The number of carboxylic acids is 1. The quantitative estimate of drug-likeness (QED) is 0.685. The molecule has 0 saturated carbocycles. The van der Waals surface area contributed by atoms with Crippen molar-refractivity contribution in [2.75, 3.05) is 4.90 Å². The molecule has 29 heavy (non-hydrogen) atoms. The zero-order valence-corrected chi connectivity index (χ0v) is 16.6. The number of hydrogen-bond donors (Lipinski definition) is 2. The van der Waals surface area contributed by atoms with Crippen LogP contribution in [0.2, 0.25) is 0 Å². The lowest BCUT2D eigenvalue weighted by molar-refractivity contribution is -0.145. The monoisotopic (exact) mass is 413 g/mol. The molecule has 8 heteroatoms. The summed E-state index contributed by atoms with van der Waals surface area (Å²) >= 11 is 0.788. The van der Waals surface area contributed by atoms with Gasteiger partial charge in [-0.3, -0.25) is 9.59 Å². The van der Waals surface area contributed by atoms with Gasteiger partial charge in [0.15, 0.2) is 6.10 Å². The predicted octanol–water partition coefficient (Wildman–Crippen LogP) is 4.18. The molecule has 1 unspecified atom stereocenters. The van der Waals surface area contributed by atoms with Crippen LogP contribution in [0.3, 0.4) is 0 Å². The maximum Gasteiger partial charge on any atom is 0.344 e. The first-order valence-electron chi connectivity index (χ1n) is 8.88. The van der Waals surface area contributed by atoms with Crippen molar-refractivity contribution in [3.05, 3.63) is 58.5 Å². The van der Waals surface area contributed by atoms with Crippen LogP contribution >= 0.6 is 11.8 Å². The lowest BCUT2D eigenvalue weighted by Gasteiger charge is -2.16. The number of rotatable bonds is 6. The molecular formula is C21H19NO6S. The molecule has 0 bridgehead atoms. The number of aromatic hydroxyl groups is 1. The van der Waals surface area contributed by atoms with Gasteiger partial charge in [-0.25, -0.2) is 9.69 Å². The van der Waals surface area contributed by atoms with Crippen molar-refractivity contribution >= 4 is 40.6 Å². The minimum Gasteiger partial charge on any atom is -0.508 e. The maximum atomic E-state index is 12.9. The first-order chi connectivity index (χ1) is 13.8. The number of thioether (sulfide) groups is 1. The van der Waals surface area contributed by atoms with Crippen molar-refractivity contribution in [2.45, 2.75) is 26.4 Å².